The fraction of sp³-hybridized carbons (Fsp3) is 0.211. The molecule has 26 heavy (non-hydrogen) atoms. The smallest absolute Gasteiger partial charge is 0.142 e. The number of aromatic nitrogens is 3. The van der Waals surface area contributed by atoms with E-state index in [1.54, 1.807) is 28.9 Å². The number of hydrogen-bond acceptors (Lipinski definition) is 6. The fourth-order valence-electron chi connectivity index (χ4n) is 3.09. The van der Waals surface area contributed by atoms with Crippen molar-refractivity contribution >= 4 is 5.82 Å². The van der Waals surface area contributed by atoms with Crippen molar-refractivity contribution in [1.82, 2.24) is 14.8 Å². The van der Waals surface area contributed by atoms with Gasteiger partial charge in [0.1, 0.15) is 23.2 Å². The van der Waals surface area contributed by atoms with Crippen molar-refractivity contribution in [3.8, 4) is 34.2 Å². The quantitative estimate of drug-likeness (QED) is 0.665. The number of rotatable bonds is 4. The summed E-state index contributed by atoms with van der Waals surface area (Å²) in [7, 11) is 0. The Morgan fingerprint density at radius 3 is 2.69 bits per heavy atom. The van der Waals surface area contributed by atoms with Crippen LogP contribution in [0.25, 0.3) is 22.4 Å². The van der Waals surface area contributed by atoms with Gasteiger partial charge in [0, 0.05) is 22.4 Å². The lowest BCUT2D eigenvalue weighted by molar-refractivity contribution is 0.268. The third-order valence-corrected chi connectivity index (χ3v) is 4.26. The Morgan fingerprint density at radius 1 is 1.27 bits per heavy atom. The molecule has 0 radical (unpaired) electrons. The van der Waals surface area contributed by atoms with Gasteiger partial charge in [0.05, 0.1) is 24.5 Å². The van der Waals surface area contributed by atoms with Crippen LogP contribution in [0.1, 0.15) is 17.0 Å². The van der Waals surface area contributed by atoms with Crippen LogP contribution in [0.4, 0.5) is 5.82 Å². The van der Waals surface area contributed by atoms with Crippen LogP contribution in [-0.2, 0) is 6.54 Å². The number of pyridine rings is 1. The normalized spacial score (nSPS) is 10.7. The summed E-state index contributed by atoms with van der Waals surface area (Å²) in [5.41, 5.74) is 10.6. The van der Waals surface area contributed by atoms with Gasteiger partial charge in [0.25, 0.3) is 0 Å². The van der Waals surface area contributed by atoms with Crippen molar-refractivity contribution in [3.05, 3.63) is 47.3 Å². The molecule has 0 aliphatic heterocycles. The number of nitrogens with zero attached hydrogens (tertiary/aromatic N) is 4. The average Bonchev–Trinajstić information content (AvgIpc) is 2.88. The SMILES string of the molecule is Cc1nn(CCO)c(C)c1-c1cc(-c2cccc(O)c2)nc(N)c1C#N. The number of aromatic hydroxyl groups is 1. The first kappa shape index (κ1) is 17.5. The summed E-state index contributed by atoms with van der Waals surface area (Å²) in [4.78, 5) is 4.32. The van der Waals surface area contributed by atoms with Gasteiger partial charge in [-0.25, -0.2) is 4.98 Å². The van der Waals surface area contributed by atoms with E-state index in [9.17, 15) is 15.5 Å². The maximum atomic E-state index is 9.73. The number of aryl methyl sites for hydroxylation is 1. The number of nitrogens with two attached hydrogens (primary N) is 1. The Kier molecular flexibility index (Phi) is 4.61. The molecule has 0 bridgehead atoms. The van der Waals surface area contributed by atoms with E-state index < -0.39 is 0 Å². The van der Waals surface area contributed by atoms with Gasteiger partial charge in [-0.05, 0) is 32.0 Å². The first-order chi connectivity index (χ1) is 12.5. The summed E-state index contributed by atoms with van der Waals surface area (Å²) >= 11 is 0. The summed E-state index contributed by atoms with van der Waals surface area (Å²) < 4.78 is 1.70. The van der Waals surface area contributed by atoms with Crippen LogP contribution in [0.15, 0.2) is 30.3 Å². The Morgan fingerprint density at radius 2 is 2.04 bits per heavy atom. The molecule has 0 amide bonds. The zero-order valence-corrected chi connectivity index (χ0v) is 14.6. The molecule has 7 heteroatoms. The van der Waals surface area contributed by atoms with Gasteiger partial charge in [-0.2, -0.15) is 10.4 Å². The van der Waals surface area contributed by atoms with E-state index in [0.29, 0.717) is 23.4 Å². The Balaban J connectivity index is 2.26. The maximum Gasteiger partial charge on any atom is 0.142 e. The summed E-state index contributed by atoms with van der Waals surface area (Å²) in [6, 6.07) is 10.6. The number of nitrogen functional groups attached to an aromatic ring is 1. The standard InChI is InChI=1S/C19H19N5O2/c1-11-18(12(2)24(23-11)6-7-25)15-9-17(22-19(21)16(15)10-20)13-4-3-5-14(26)8-13/h3-5,8-9,25-26H,6-7H2,1-2H3,(H2,21,22). The van der Waals surface area contributed by atoms with Gasteiger partial charge in [-0.1, -0.05) is 12.1 Å². The maximum absolute atomic E-state index is 9.73. The lowest BCUT2D eigenvalue weighted by Gasteiger charge is -2.11. The molecule has 0 spiro atoms. The number of hydrogen-bond donors (Lipinski definition) is 3. The number of phenols is 1. The molecule has 2 aromatic heterocycles. The molecule has 0 aliphatic rings. The Hall–Kier alpha value is -3.37. The van der Waals surface area contributed by atoms with Gasteiger partial charge in [-0.3, -0.25) is 4.68 Å². The van der Waals surface area contributed by atoms with Crippen molar-refractivity contribution < 1.29 is 10.2 Å². The lowest BCUT2D eigenvalue weighted by atomic mass is 9.97. The van der Waals surface area contributed by atoms with Crippen molar-refractivity contribution in [1.29, 1.82) is 5.26 Å². The molecule has 0 aliphatic carbocycles. The lowest BCUT2D eigenvalue weighted by Crippen LogP contribution is -2.06. The van der Waals surface area contributed by atoms with Crippen LogP contribution in [0.5, 0.6) is 5.75 Å². The van der Waals surface area contributed by atoms with E-state index in [2.05, 4.69) is 16.2 Å². The van der Waals surface area contributed by atoms with Crippen LogP contribution in [-0.4, -0.2) is 31.6 Å². The molecule has 0 fully saturated rings. The van der Waals surface area contributed by atoms with Crippen molar-refractivity contribution in [2.75, 3.05) is 12.3 Å². The molecule has 0 saturated carbocycles. The summed E-state index contributed by atoms with van der Waals surface area (Å²) in [5, 5.41) is 33.0. The fourth-order valence-corrected chi connectivity index (χ4v) is 3.09. The molecule has 0 atom stereocenters. The molecule has 0 saturated heterocycles. The van der Waals surface area contributed by atoms with Crippen LogP contribution in [0.2, 0.25) is 0 Å². The van der Waals surface area contributed by atoms with E-state index in [0.717, 1.165) is 17.0 Å². The molecule has 3 aromatic rings. The molecule has 132 valence electrons. The number of aliphatic hydroxyl groups is 1. The third-order valence-electron chi connectivity index (χ3n) is 4.26. The van der Waals surface area contributed by atoms with E-state index in [-0.39, 0.29) is 23.7 Å². The Bertz CT molecular complexity index is 1020. The number of nitriles is 1. The molecular weight excluding hydrogens is 330 g/mol. The highest BCUT2D eigenvalue weighted by atomic mass is 16.3. The van der Waals surface area contributed by atoms with Gasteiger partial charge in [0.15, 0.2) is 0 Å². The van der Waals surface area contributed by atoms with Crippen LogP contribution >= 0.6 is 0 Å². The molecule has 1 aromatic carbocycles. The predicted octanol–water partition coefficient (Wildman–Crippen LogP) is 2.38. The summed E-state index contributed by atoms with van der Waals surface area (Å²) in [6.45, 7) is 4.08. The molecular formula is C19H19N5O2. The second-order valence-electron chi connectivity index (χ2n) is 5.97. The number of phenolic OH excluding ortho intramolecular Hbond substituents is 1. The van der Waals surface area contributed by atoms with E-state index in [1.807, 2.05) is 19.9 Å². The second kappa shape index (κ2) is 6.86. The largest absolute Gasteiger partial charge is 0.508 e. The minimum Gasteiger partial charge on any atom is -0.508 e. The van der Waals surface area contributed by atoms with Gasteiger partial charge >= 0.3 is 0 Å². The number of anilines is 1. The molecule has 7 nitrogen and oxygen atoms in total. The molecule has 0 unspecified atom stereocenters. The van der Waals surface area contributed by atoms with Crippen molar-refractivity contribution in [2.45, 2.75) is 20.4 Å². The van der Waals surface area contributed by atoms with Gasteiger partial charge in [0.2, 0.25) is 0 Å². The van der Waals surface area contributed by atoms with E-state index in [4.69, 9.17) is 5.73 Å². The summed E-state index contributed by atoms with van der Waals surface area (Å²) in [6.07, 6.45) is 0. The molecule has 3 rings (SSSR count). The average molecular weight is 349 g/mol. The van der Waals surface area contributed by atoms with E-state index >= 15 is 0 Å². The van der Waals surface area contributed by atoms with Crippen LogP contribution in [0.3, 0.4) is 0 Å². The Labute approximate surface area is 151 Å². The van der Waals surface area contributed by atoms with Crippen LogP contribution < -0.4 is 5.73 Å². The second-order valence-corrected chi connectivity index (χ2v) is 5.97. The van der Waals surface area contributed by atoms with Crippen molar-refractivity contribution in [3.63, 3.8) is 0 Å². The van der Waals surface area contributed by atoms with E-state index in [1.165, 1.54) is 0 Å². The monoisotopic (exact) mass is 349 g/mol. The van der Waals surface area contributed by atoms with Crippen molar-refractivity contribution in [2.24, 2.45) is 0 Å². The highest BCUT2D eigenvalue weighted by Crippen LogP contribution is 2.35. The minimum atomic E-state index is -0.0282. The minimum absolute atomic E-state index is 0.0282. The predicted molar refractivity (Wildman–Crippen MR) is 98.2 cm³/mol. The van der Waals surface area contributed by atoms with Gasteiger partial charge in [-0.15, -0.1) is 0 Å². The molecule has 2 heterocycles. The zero-order valence-electron chi connectivity index (χ0n) is 14.6. The third kappa shape index (κ3) is 2.98. The first-order valence-electron chi connectivity index (χ1n) is 8.11. The van der Waals surface area contributed by atoms with Gasteiger partial charge < -0.3 is 15.9 Å². The number of aliphatic hydroxyl groups excluding tert-OH is 1. The summed E-state index contributed by atoms with van der Waals surface area (Å²) in [5.74, 6) is 0.244. The highest BCUT2D eigenvalue weighted by Gasteiger charge is 2.20. The topological polar surface area (TPSA) is 121 Å². The molecule has 4 N–H and O–H groups in total. The highest BCUT2D eigenvalue weighted by molar-refractivity contribution is 5.82. The number of benzene rings is 1. The zero-order chi connectivity index (χ0) is 18.8. The first-order valence-corrected chi connectivity index (χ1v) is 8.11. The van der Waals surface area contributed by atoms with Crippen LogP contribution in [0, 0.1) is 25.2 Å².